The Balaban J connectivity index is 1.97. The molecule has 100 valence electrons. The van der Waals surface area contributed by atoms with E-state index in [0.717, 1.165) is 27.7 Å². The first-order valence-corrected chi connectivity index (χ1v) is 7.26. The van der Waals surface area contributed by atoms with Gasteiger partial charge in [-0.15, -0.1) is 11.3 Å². The van der Waals surface area contributed by atoms with E-state index in [1.165, 1.54) is 0 Å². The number of ether oxygens (including phenoxy) is 1. The molecule has 0 atom stereocenters. The Morgan fingerprint density at radius 2 is 2.11 bits per heavy atom. The fourth-order valence-electron chi connectivity index (χ4n) is 1.65. The van der Waals surface area contributed by atoms with Gasteiger partial charge in [0.15, 0.2) is 0 Å². The quantitative estimate of drug-likeness (QED) is 0.793. The van der Waals surface area contributed by atoms with Crippen LogP contribution in [0.15, 0.2) is 29.6 Å². The van der Waals surface area contributed by atoms with Crippen molar-refractivity contribution in [3.63, 3.8) is 0 Å². The SMILES string of the molecule is CCOC(=O)Cc1csc(Cc2ccc(Cl)cc2)n1. The lowest BCUT2D eigenvalue weighted by molar-refractivity contribution is -0.142. The van der Waals surface area contributed by atoms with Crippen LogP contribution in [0.1, 0.15) is 23.2 Å². The van der Waals surface area contributed by atoms with Gasteiger partial charge in [-0.05, 0) is 24.6 Å². The standard InChI is InChI=1S/C14H14ClNO2S/c1-2-18-14(17)8-12-9-19-13(16-12)7-10-3-5-11(15)6-4-10/h3-6,9H,2,7-8H2,1H3. The Bertz CT molecular complexity index is 551. The van der Waals surface area contributed by atoms with Gasteiger partial charge in [0.25, 0.3) is 0 Å². The molecule has 1 heterocycles. The van der Waals surface area contributed by atoms with Crippen LogP contribution in [0.25, 0.3) is 0 Å². The third-order valence-electron chi connectivity index (χ3n) is 2.50. The molecule has 0 N–H and O–H groups in total. The number of hydrogen-bond acceptors (Lipinski definition) is 4. The Kier molecular flexibility index (Phi) is 4.93. The first-order valence-electron chi connectivity index (χ1n) is 6.00. The second-order valence-corrected chi connectivity index (χ2v) is 5.40. The molecule has 1 aromatic carbocycles. The monoisotopic (exact) mass is 295 g/mol. The van der Waals surface area contributed by atoms with Crippen LogP contribution in [0.2, 0.25) is 5.02 Å². The predicted molar refractivity (Wildman–Crippen MR) is 76.7 cm³/mol. The minimum absolute atomic E-state index is 0.231. The zero-order valence-corrected chi connectivity index (χ0v) is 12.1. The second kappa shape index (κ2) is 6.68. The summed E-state index contributed by atoms with van der Waals surface area (Å²) in [6.45, 7) is 2.20. The van der Waals surface area contributed by atoms with Crippen molar-refractivity contribution in [3.8, 4) is 0 Å². The molecule has 0 aliphatic rings. The molecule has 2 aromatic rings. The van der Waals surface area contributed by atoms with Crippen LogP contribution in [0, 0.1) is 0 Å². The minimum Gasteiger partial charge on any atom is -0.466 e. The van der Waals surface area contributed by atoms with Crippen molar-refractivity contribution >= 4 is 28.9 Å². The molecule has 0 saturated carbocycles. The number of nitrogens with zero attached hydrogens (tertiary/aromatic N) is 1. The van der Waals surface area contributed by atoms with Gasteiger partial charge < -0.3 is 4.74 Å². The van der Waals surface area contributed by atoms with E-state index in [4.69, 9.17) is 16.3 Å². The van der Waals surface area contributed by atoms with Crippen molar-refractivity contribution in [3.05, 3.63) is 50.9 Å². The van der Waals surface area contributed by atoms with Crippen LogP contribution in [0.5, 0.6) is 0 Å². The zero-order chi connectivity index (χ0) is 13.7. The number of thiazole rings is 1. The van der Waals surface area contributed by atoms with E-state index in [1.807, 2.05) is 29.6 Å². The summed E-state index contributed by atoms with van der Waals surface area (Å²) in [5, 5.41) is 3.62. The van der Waals surface area contributed by atoms with Crippen molar-refractivity contribution in [1.82, 2.24) is 4.98 Å². The lowest BCUT2D eigenvalue weighted by atomic mass is 10.2. The Morgan fingerprint density at radius 1 is 1.37 bits per heavy atom. The third kappa shape index (κ3) is 4.33. The zero-order valence-electron chi connectivity index (χ0n) is 10.6. The second-order valence-electron chi connectivity index (χ2n) is 4.02. The molecule has 0 amide bonds. The van der Waals surface area contributed by atoms with Crippen molar-refractivity contribution < 1.29 is 9.53 Å². The molecule has 19 heavy (non-hydrogen) atoms. The highest BCUT2D eigenvalue weighted by molar-refractivity contribution is 7.09. The van der Waals surface area contributed by atoms with E-state index >= 15 is 0 Å². The fourth-order valence-corrected chi connectivity index (χ4v) is 2.60. The smallest absolute Gasteiger partial charge is 0.311 e. The van der Waals surface area contributed by atoms with E-state index in [-0.39, 0.29) is 12.4 Å². The maximum atomic E-state index is 11.3. The fraction of sp³-hybridized carbons (Fsp3) is 0.286. The maximum Gasteiger partial charge on any atom is 0.311 e. The average Bonchev–Trinajstić information content (AvgIpc) is 2.80. The normalized spacial score (nSPS) is 10.4. The summed E-state index contributed by atoms with van der Waals surface area (Å²) in [6.07, 6.45) is 0.996. The maximum absolute atomic E-state index is 11.3. The summed E-state index contributed by atoms with van der Waals surface area (Å²) < 4.78 is 4.90. The van der Waals surface area contributed by atoms with Gasteiger partial charge in [-0.1, -0.05) is 23.7 Å². The van der Waals surface area contributed by atoms with Crippen LogP contribution in [0.3, 0.4) is 0 Å². The van der Waals surface area contributed by atoms with Crippen LogP contribution in [0.4, 0.5) is 0 Å². The van der Waals surface area contributed by atoms with Crippen LogP contribution < -0.4 is 0 Å². The average molecular weight is 296 g/mol. The number of carbonyl (C=O) groups is 1. The molecular weight excluding hydrogens is 282 g/mol. The molecule has 0 aliphatic carbocycles. The highest BCUT2D eigenvalue weighted by atomic mass is 35.5. The molecule has 0 fully saturated rings. The van der Waals surface area contributed by atoms with Crippen LogP contribution in [-0.4, -0.2) is 17.6 Å². The van der Waals surface area contributed by atoms with Gasteiger partial charge in [-0.25, -0.2) is 4.98 Å². The first-order chi connectivity index (χ1) is 9.17. The summed E-state index contributed by atoms with van der Waals surface area (Å²) in [5.74, 6) is -0.231. The Labute approximate surface area is 121 Å². The summed E-state index contributed by atoms with van der Waals surface area (Å²) in [5.41, 5.74) is 1.92. The van der Waals surface area contributed by atoms with Crippen molar-refractivity contribution in [1.29, 1.82) is 0 Å². The number of carbonyl (C=O) groups excluding carboxylic acids is 1. The summed E-state index contributed by atoms with van der Waals surface area (Å²) in [4.78, 5) is 15.8. The van der Waals surface area contributed by atoms with Crippen LogP contribution in [-0.2, 0) is 22.4 Å². The number of hydrogen-bond donors (Lipinski definition) is 0. The summed E-state index contributed by atoms with van der Waals surface area (Å²) >= 11 is 7.40. The first kappa shape index (κ1) is 14.0. The van der Waals surface area contributed by atoms with Gasteiger partial charge in [-0.2, -0.15) is 0 Å². The van der Waals surface area contributed by atoms with E-state index in [2.05, 4.69) is 4.98 Å². The van der Waals surface area contributed by atoms with E-state index < -0.39 is 0 Å². The lowest BCUT2D eigenvalue weighted by Gasteiger charge is -1.99. The van der Waals surface area contributed by atoms with Gasteiger partial charge in [0, 0.05) is 16.8 Å². The molecule has 0 aliphatic heterocycles. The molecule has 0 bridgehead atoms. The Hall–Kier alpha value is -1.39. The van der Waals surface area contributed by atoms with Gasteiger partial charge in [-0.3, -0.25) is 4.79 Å². The van der Waals surface area contributed by atoms with E-state index in [1.54, 1.807) is 18.3 Å². The topological polar surface area (TPSA) is 39.2 Å². The molecule has 0 radical (unpaired) electrons. The molecule has 3 nitrogen and oxygen atoms in total. The van der Waals surface area contributed by atoms with E-state index in [0.29, 0.717) is 6.61 Å². The molecule has 5 heteroatoms. The van der Waals surface area contributed by atoms with E-state index in [9.17, 15) is 4.79 Å². The minimum atomic E-state index is -0.231. The lowest BCUT2D eigenvalue weighted by Crippen LogP contribution is -2.07. The van der Waals surface area contributed by atoms with Gasteiger partial charge >= 0.3 is 5.97 Å². The number of benzene rings is 1. The third-order valence-corrected chi connectivity index (χ3v) is 3.65. The van der Waals surface area contributed by atoms with Crippen LogP contribution >= 0.6 is 22.9 Å². The van der Waals surface area contributed by atoms with Gasteiger partial charge in [0.1, 0.15) is 0 Å². The predicted octanol–water partition coefficient (Wildman–Crippen LogP) is 3.49. The number of rotatable bonds is 5. The molecule has 2 rings (SSSR count). The summed E-state index contributed by atoms with van der Waals surface area (Å²) in [7, 11) is 0. The van der Waals surface area contributed by atoms with Gasteiger partial charge in [0.05, 0.1) is 23.7 Å². The van der Waals surface area contributed by atoms with Gasteiger partial charge in [0.2, 0.25) is 0 Å². The van der Waals surface area contributed by atoms with Crippen molar-refractivity contribution in [2.75, 3.05) is 6.61 Å². The van der Waals surface area contributed by atoms with Crippen molar-refractivity contribution in [2.24, 2.45) is 0 Å². The molecular formula is C14H14ClNO2S. The molecule has 1 aromatic heterocycles. The molecule has 0 spiro atoms. The number of aromatic nitrogens is 1. The largest absolute Gasteiger partial charge is 0.466 e. The van der Waals surface area contributed by atoms with Crippen molar-refractivity contribution in [2.45, 2.75) is 19.8 Å². The number of halogens is 1. The number of esters is 1. The molecule has 0 saturated heterocycles. The Morgan fingerprint density at radius 3 is 2.79 bits per heavy atom. The highest BCUT2D eigenvalue weighted by Gasteiger charge is 2.08. The summed E-state index contributed by atoms with van der Waals surface area (Å²) in [6, 6.07) is 7.69. The highest BCUT2D eigenvalue weighted by Crippen LogP contribution is 2.17. The molecule has 0 unspecified atom stereocenters.